The van der Waals surface area contributed by atoms with Crippen molar-refractivity contribution in [2.45, 2.75) is 18.9 Å². The third-order valence-electron chi connectivity index (χ3n) is 2.50. The average molecular weight is 202 g/mol. The first-order valence-electron chi connectivity index (χ1n) is 4.77. The van der Waals surface area contributed by atoms with Gasteiger partial charge in [-0.05, 0) is 24.0 Å². The summed E-state index contributed by atoms with van der Waals surface area (Å²) < 4.78 is 5.13. The summed E-state index contributed by atoms with van der Waals surface area (Å²) in [5, 5.41) is 0. The number of benzene rings is 1. The van der Waals surface area contributed by atoms with Gasteiger partial charge in [0.15, 0.2) is 0 Å². The Balaban J connectivity index is 2.14. The van der Waals surface area contributed by atoms with Gasteiger partial charge in [-0.2, -0.15) is 4.79 Å². The summed E-state index contributed by atoms with van der Waals surface area (Å²) in [6, 6.07) is 7.88. The molecule has 0 aromatic heterocycles. The van der Waals surface area contributed by atoms with E-state index in [0.29, 0.717) is 0 Å². The van der Waals surface area contributed by atoms with Gasteiger partial charge in [0.1, 0.15) is 6.10 Å². The number of esters is 1. The highest BCUT2D eigenvalue weighted by molar-refractivity contribution is 6.20. The molecule has 0 N–H and O–H groups in total. The molecule has 2 rings (SSSR count). The molecule has 0 heterocycles. The van der Waals surface area contributed by atoms with Crippen LogP contribution in [-0.2, 0) is 16.0 Å². The van der Waals surface area contributed by atoms with Crippen LogP contribution in [-0.4, -0.2) is 17.0 Å². The van der Waals surface area contributed by atoms with Crippen LogP contribution >= 0.6 is 0 Å². The number of nitrogens with zero attached hydrogens (tertiary/aromatic N) is 2. The van der Waals surface area contributed by atoms with Crippen LogP contribution in [0.25, 0.3) is 5.53 Å². The molecule has 15 heavy (non-hydrogen) atoms. The van der Waals surface area contributed by atoms with E-state index in [4.69, 9.17) is 10.3 Å². The molecular formula is C11H10N2O2. The van der Waals surface area contributed by atoms with E-state index in [2.05, 4.69) is 4.79 Å². The van der Waals surface area contributed by atoms with Crippen LogP contribution in [0.1, 0.15) is 23.7 Å². The van der Waals surface area contributed by atoms with E-state index in [1.807, 2.05) is 24.3 Å². The van der Waals surface area contributed by atoms with E-state index in [1.165, 1.54) is 5.56 Å². The maximum absolute atomic E-state index is 11.1. The summed E-state index contributed by atoms with van der Waals surface area (Å²) >= 11 is 0. The topological polar surface area (TPSA) is 62.7 Å². The van der Waals surface area contributed by atoms with Gasteiger partial charge in [-0.3, -0.25) is 0 Å². The highest BCUT2D eigenvalue weighted by atomic mass is 16.5. The molecule has 1 aliphatic carbocycles. The van der Waals surface area contributed by atoms with Gasteiger partial charge in [0.2, 0.25) is 0 Å². The number of carbonyl (C=O) groups excluding carboxylic acids is 1. The molecule has 0 bridgehead atoms. The highest BCUT2D eigenvalue weighted by Crippen LogP contribution is 2.33. The van der Waals surface area contributed by atoms with Gasteiger partial charge >= 0.3 is 12.2 Å². The minimum absolute atomic E-state index is 0.202. The maximum Gasteiger partial charge on any atom is 0.414 e. The van der Waals surface area contributed by atoms with Crippen molar-refractivity contribution in [1.82, 2.24) is 0 Å². The van der Waals surface area contributed by atoms with Crippen molar-refractivity contribution in [2.24, 2.45) is 0 Å². The summed E-state index contributed by atoms with van der Waals surface area (Å²) in [6.07, 6.45) is 2.28. The van der Waals surface area contributed by atoms with E-state index in [0.717, 1.165) is 24.6 Å². The van der Waals surface area contributed by atoms with Crippen LogP contribution in [0.2, 0.25) is 0 Å². The van der Waals surface area contributed by atoms with E-state index in [1.54, 1.807) is 0 Å². The van der Waals surface area contributed by atoms with Crippen LogP contribution in [0.15, 0.2) is 24.3 Å². The smallest absolute Gasteiger partial charge is 0.414 e. The quantitative estimate of drug-likeness (QED) is 0.316. The Morgan fingerprint density at radius 2 is 2.33 bits per heavy atom. The van der Waals surface area contributed by atoms with Gasteiger partial charge in [-0.1, -0.05) is 24.3 Å². The molecule has 0 saturated heterocycles. The van der Waals surface area contributed by atoms with Crippen molar-refractivity contribution in [2.75, 3.05) is 0 Å². The molecule has 0 unspecified atom stereocenters. The second-order valence-electron chi connectivity index (χ2n) is 3.41. The lowest BCUT2D eigenvalue weighted by atomic mass is 10.1. The first-order valence-corrected chi connectivity index (χ1v) is 4.77. The molecule has 4 nitrogen and oxygen atoms in total. The molecule has 0 amide bonds. The van der Waals surface area contributed by atoms with Crippen molar-refractivity contribution in [1.29, 1.82) is 0 Å². The third-order valence-corrected chi connectivity index (χ3v) is 2.50. The zero-order valence-corrected chi connectivity index (χ0v) is 8.09. The summed E-state index contributed by atoms with van der Waals surface area (Å²) in [7, 11) is 0. The van der Waals surface area contributed by atoms with Gasteiger partial charge in [0.05, 0.1) is 0 Å². The van der Waals surface area contributed by atoms with E-state index in [-0.39, 0.29) is 6.10 Å². The molecule has 0 radical (unpaired) electrons. The molecule has 76 valence electrons. The van der Waals surface area contributed by atoms with E-state index >= 15 is 0 Å². The zero-order chi connectivity index (χ0) is 10.7. The number of ether oxygens (including phenoxy) is 1. The summed E-state index contributed by atoms with van der Waals surface area (Å²) in [5.41, 5.74) is 10.4. The maximum atomic E-state index is 11.1. The Morgan fingerprint density at radius 1 is 1.53 bits per heavy atom. The Hall–Kier alpha value is -1.93. The summed E-state index contributed by atoms with van der Waals surface area (Å²) in [6.45, 7) is 0. The zero-order valence-electron chi connectivity index (χ0n) is 8.09. The van der Waals surface area contributed by atoms with Gasteiger partial charge in [-0.25, -0.2) is 4.79 Å². The Labute approximate surface area is 87.1 Å². The van der Waals surface area contributed by atoms with E-state index < -0.39 is 5.97 Å². The lowest BCUT2D eigenvalue weighted by Gasteiger charge is -2.09. The van der Waals surface area contributed by atoms with Crippen molar-refractivity contribution >= 4 is 12.2 Å². The normalized spacial score (nSPS) is 17.7. The molecule has 1 aromatic carbocycles. The van der Waals surface area contributed by atoms with Crippen LogP contribution in [0, 0.1) is 0 Å². The van der Waals surface area contributed by atoms with Crippen LogP contribution in [0.4, 0.5) is 0 Å². The van der Waals surface area contributed by atoms with Crippen molar-refractivity contribution < 1.29 is 14.3 Å². The highest BCUT2D eigenvalue weighted by Gasteiger charge is 2.25. The summed E-state index contributed by atoms with van der Waals surface area (Å²) in [5.74, 6) is -0.612. The lowest BCUT2D eigenvalue weighted by Crippen LogP contribution is -2.10. The number of rotatable bonds is 2. The Morgan fingerprint density at radius 3 is 3.13 bits per heavy atom. The van der Waals surface area contributed by atoms with Gasteiger partial charge in [-0.15, -0.1) is 0 Å². The van der Waals surface area contributed by atoms with Crippen LogP contribution in [0.5, 0.6) is 0 Å². The van der Waals surface area contributed by atoms with Crippen molar-refractivity contribution in [3.63, 3.8) is 0 Å². The first-order chi connectivity index (χ1) is 7.31. The second-order valence-corrected chi connectivity index (χ2v) is 3.41. The second kappa shape index (κ2) is 4.07. The number of fused-ring (bicyclic) bond motifs is 1. The molecule has 1 aromatic rings. The molecule has 0 saturated carbocycles. The SMILES string of the molecule is [N-]=[N+]=CC(=O)O[C@@H]1CCc2ccccc21. The van der Waals surface area contributed by atoms with E-state index in [9.17, 15) is 4.79 Å². The predicted octanol–water partition coefficient (Wildman–Crippen LogP) is 1.52. The fraction of sp³-hybridized carbons (Fsp3) is 0.273. The Bertz CT molecular complexity index is 436. The largest absolute Gasteiger partial charge is 0.449 e. The fourth-order valence-corrected chi connectivity index (χ4v) is 1.86. The molecule has 4 heteroatoms. The number of carbonyl (C=O) groups is 1. The predicted molar refractivity (Wildman–Crippen MR) is 53.3 cm³/mol. The van der Waals surface area contributed by atoms with Crippen LogP contribution in [0.3, 0.4) is 0 Å². The number of hydrogen-bond donors (Lipinski definition) is 0. The molecule has 1 atom stereocenters. The standard InChI is InChI=1S/C11H10N2O2/c12-13-7-11(14)15-10-6-5-8-3-1-2-4-9(8)10/h1-4,7,10H,5-6H2/t10-/m1/s1. The fourth-order valence-electron chi connectivity index (χ4n) is 1.86. The van der Waals surface area contributed by atoms with Gasteiger partial charge < -0.3 is 10.3 Å². The summed E-state index contributed by atoms with van der Waals surface area (Å²) in [4.78, 5) is 13.7. The Kier molecular flexibility index (Phi) is 2.61. The lowest BCUT2D eigenvalue weighted by molar-refractivity contribution is -0.144. The minimum Gasteiger partial charge on any atom is -0.449 e. The molecule has 0 aliphatic heterocycles. The molecule has 1 aliphatic rings. The monoisotopic (exact) mass is 202 g/mol. The molecule has 0 fully saturated rings. The van der Waals surface area contributed by atoms with Gasteiger partial charge in [0.25, 0.3) is 0 Å². The number of hydrogen-bond acceptors (Lipinski definition) is 2. The molecular weight excluding hydrogens is 192 g/mol. The third kappa shape index (κ3) is 1.95. The molecule has 0 spiro atoms. The number of aryl methyl sites for hydroxylation is 1. The first kappa shape index (κ1) is 9.62. The van der Waals surface area contributed by atoms with Gasteiger partial charge in [0, 0.05) is 0 Å². The van der Waals surface area contributed by atoms with Crippen molar-refractivity contribution in [3.05, 3.63) is 40.9 Å². The van der Waals surface area contributed by atoms with Crippen molar-refractivity contribution in [3.8, 4) is 0 Å². The minimum atomic E-state index is -0.612. The average Bonchev–Trinajstić information content (AvgIpc) is 2.62. The van der Waals surface area contributed by atoms with Crippen LogP contribution < -0.4 is 0 Å².